The molecule has 0 saturated heterocycles. The number of hydrogen-bond acceptors (Lipinski definition) is 3. The van der Waals surface area contributed by atoms with Crippen LogP contribution in [0.3, 0.4) is 0 Å². The highest BCUT2D eigenvalue weighted by molar-refractivity contribution is 9.10. The fraction of sp³-hybridized carbons (Fsp3) is 0.200. The van der Waals surface area contributed by atoms with Crippen molar-refractivity contribution in [1.82, 2.24) is 5.32 Å². The van der Waals surface area contributed by atoms with Gasteiger partial charge in [-0.1, -0.05) is 58.4 Å². The molecule has 0 saturated carbocycles. The first-order valence-electron chi connectivity index (χ1n) is 7.94. The van der Waals surface area contributed by atoms with Gasteiger partial charge in [-0.3, -0.25) is 0 Å². The Balaban J connectivity index is 1.60. The van der Waals surface area contributed by atoms with Gasteiger partial charge in [0.2, 0.25) is 0 Å². The minimum atomic E-state index is -0.549. The molecule has 4 heteroatoms. The number of aliphatic hydroxyl groups excluding tert-OH is 1. The van der Waals surface area contributed by atoms with Crippen LogP contribution in [0.25, 0.3) is 11.3 Å². The van der Waals surface area contributed by atoms with Crippen molar-refractivity contribution in [2.75, 3.05) is 0 Å². The van der Waals surface area contributed by atoms with E-state index < -0.39 is 6.10 Å². The highest BCUT2D eigenvalue weighted by atomic mass is 79.9. The molecule has 1 heterocycles. The molecule has 0 aliphatic heterocycles. The van der Waals surface area contributed by atoms with E-state index in [2.05, 4.69) is 21.2 Å². The van der Waals surface area contributed by atoms with Crippen LogP contribution in [0, 0.1) is 0 Å². The molecule has 0 fully saturated rings. The van der Waals surface area contributed by atoms with Crippen molar-refractivity contribution in [1.29, 1.82) is 0 Å². The SMILES string of the molecule is C[C@H](NCc1ccc(-c2ccc(Br)cc2)o1)[C@H](O)c1ccccc1. The Kier molecular flexibility index (Phi) is 5.51. The number of hydrogen-bond donors (Lipinski definition) is 2. The smallest absolute Gasteiger partial charge is 0.134 e. The summed E-state index contributed by atoms with van der Waals surface area (Å²) in [6, 6.07) is 21.6. The lowest BCUT2D eigenvalue weighted by molar-refractivity contribution is 0.134. The van der Waals surface area contributed by atoms with Crippen LogP contribution < -0.4 is 5.32 Å². The molecule has 3 aromatic rings. The van der Waals surface area contributed by atoms with Crippen molar-refractivity contribution in [3.63, 3.8) is 0 Å². The molecule has 124 valence electrons. The Morgan fingerprint density at radius 2 is 1.71 bits per heavy atom. The van der Waals surface area contributed by atoms with Gasteiger partial charge in [0, 0.05) is 16.1 Å². The standard InChI is InChI=1S/C20H20BrNO2/c1-14(20(23)16-5-3-2-4-6-16)22-13-18-11-12-19(24-18)15-7-9-17(21)10-8-15/h2-12,14,20,22-23H,13H2,1H3/t14-,20-/m0/s1. The van der Waals surface area contributed by atoms with E-state index in [0.29, 0.717) is 6.54 Å². The van der Waals surface area contributed by atoms with E-state index in [1.54, 1.807) is 0 Å². The third-order valence-electron chi connectivity index (χ3n) is 4.00. The van der Waals surface area contributed by atoms with Gasteiger partial charge in [-0.25, -0.2) is 0 Å². The predicted octanol–water partition coefficient (Wildman–Crippen LogP) is 4.92. The van der Waals surface area contributed by atoms with Crippen LogP contribution in [0.15, 0.2) is 75.6 Å². The number of halogens is 1. The molecule has 2 aromatic carbocycles. The molecule has 0 amide bonds. The number of aliphatic hydroxyl groups is 1. The normalized spacial score (nSPS) is 13.6. The molecular weight excluding hydrogens is 366 g/mol. The largest absolute Gasteiger partial charge is 0.460 e. The average Bonchev–Trinajstić information content (AvgIpc) is 3.09. The molecular formula is C20H20BrNO2. The molecule has 2 atom stereocenters. The highest BCUT2D eigenvalue weighted by Gasteiger charge is 2.16. The maximum absolute atomic E-state index is 10.4. The Labute approximate surface area is 150 Å². The second-order valence-corrected chi connectivity index (χ2v) is 6.71. The first-order valence-corrected chi connectivity index (χ1v) is 8.74. The second-order valence-electron chi connectivity index (χ2n) is 5.80. The summed E-state index contributed by atoms with van der Waals surface area (Å²) in [6.45, 7) is 2.54. The van der Waals surface area contributed by atoms with E-state index in [-0.39, 0.29) is 6.04 Å². The molecule has 24 heavy (non-hydrogen) atoms. The first kappa shape index (κ1) is 17.0. The Morgan fingerprint density at radius 1 is 1.00 bits per heavy atom. The maximum atomic E-state index is 10.4. The third kappa shape index (κ3) is 4.15. The van der Waals surface area contributed by atoms with Crippen molar-refractivity contribution in [3.8, 4) is 11.3 Å². The molecule has 0 spiro atoms. The quantitative estimate of drug-likeness (QED) is 0.632. The fourth-order valence-electron chi connectivity index (χ4n) is 2.55. The molecule has 0 unspecified atom stereocenters. The van der Waals surface area contributed by atoms with Crippen molar-refractivity contribution in [2.24, 2.45) is 0 Å². The molecule has 3 nitrogen and oxygen atoms in total. The van der Waals surface area contributed by atoms with Gasteiger partial charge in [0.25, 0.3) is 0 Å². The van der Waals surface area contributed by atoms with Crippen LogP contribution in [-0.2, 0) is 6.54 Å². The van der Waals surface area contributed by atoms with Gasteiger partial charge in [-0.05, 0) is 36.8 Å². The topological polar surface area (TPSA) is 45.4 Å². The van der Waals surface area contributed by atoms with E-state index in [0.717, 1.165) is 27.1 Å². The minimum absolute atomic E-state index is 0.0753. The van der Waals surface area contributed by atoms with Gasteiger partial charge >= 0.3 is 0 Å². The third-order valence-corrected chi connectivity index (χ3v) is 4.53. The monoisotopic (exact) mass is 385 g/mol. The zero-order chi connectivity index (χ0) is 16.9. The Morgan fingerprint density at radius 3 is 2.42 bits per heavy atom. The van der Waals surface area contributed by atoms with Crippen molar-refractivity contribution >= 4 is 15.9 Å². The average molecular weight is 386 g/mol. The van der Waals surface area contributed by atoms with E-state index in [1.165, 1.54) is 0 Å². The predicted molar refractivity (Wildman–Crippen MR) is 99.5 cm³/mol. The Hall–Kier alpha value is -1.88. The van der Waals surface area contributed by atoms with E-state index in [4.69, 9.17) is 4.42 Å². The highest BCUT2D eigenvalue weighted by Crippen LogP contribution is 2.24. The summed E-state index contributed by atoms with van der Waals surface area (Å²) in [4.78, 5) is 0. The van der Waals surface area contributed by atoms with Crippen LogP contribution >= 0.6 is 15.9 Å². The molecule has 3 rings (SSSR count). The van der Waals surface area contributed by atoms with Crippen LogP contribution in [0.2, 0.25) is 0 Å². The van der Waals surface area contributed by atoms with Crippen molar-refractivity contribution in [2.45, 2.75) is 25.6 Å². The maximum Gasteiger partial charge on any atom is 0.134 e. The van der Waals surface area contributed by atoms with Gasteiger partial charge in [0.1, 0.15) is 11.5 Å². The first-order chi connectivity index (χ1) is 11.6. The summed E-state index contributed by atoms with van der Waals surface area (Å²) >= 11 is 3.43. The summed E-state index contributed by atoms with van der Waals surface area (Å²) in [5.41, 5.74) is 1.95. The van der Waals surface area contributed by atoms with Gasteiger partial charge in [0.15, 0.2) is 0 Å². The van der Waals surface area contributed by atoms with Crippen LogP contribution in [0.4, 0.5) is 0 Å². The number of furan rings is 1. The summed E-state index contributed by atoms with van der Waals surface area (Å²) in [5, 5.41) is 13.7. The van der Waals surface area contributed by atoms with Crippen molar-refractivity contribution < 1.29 is 9.52 Å². The Bertz CT molecular complexity index is 768. The van der Waals surface area contributed by atoms with E-state index >= 15 is 0 Å². The summed E-state index contributed by atoms with van der Waals surface area (Å²) in [6.07, 6.45) is -0.549. The lowest BCUT2D eigenvalue weighted by Crippen LogP contribution is -2.31. The minimum Gasteiger partial charge on any atom is -0.460 e. The number of rotatable bonds is 6. The fourth-order valence-corrected chi connectivity index (χ4v) is 2.82. The number of benzene rings is 2. The van der Waals surface area contributed by atoms with Gasteiger partial charge < -0.3 is 14.8 Å². The number of nitrogens with one attached hydrogen (secondary N) is 1. The molecule has 0 aliphatic rings. The summed E-state index contributed by atoms with van der Waals surface area (Å²) in [7, 11) is 0. The van der Waals surface area contributed by atoms with Crippen LogP contribution in [0.5, 0.6) is 0 Å². The molecule has 1 aromatic heterocycles. The van der Waals surface area contributed by atoms with Gasteiger partial charge in [-0.15, -0.1) is 0 Å². The molecule has 2 N–H and O–H groups in total. The molecule has 0 aliphatic carbocycles. The van der Waals surface area contributed by atoms with Gasteiger partial charge in [0.05, 0.1) is 12.6 Å². The second kappa shape index (κ2) is 7.79. The zero-order valence-corrected chi connectivity index (χ0v) is 15.0. The van der Waals surface area contributed by atoms with E-state index in [1.807, 2.05) is 73.7 Å². The zero-order valence-electron chi connectivity index (χ0n) is 13.4. The van der Waals surface area contributed by atoms with Gasteiger partial charge in [-0.2, -0.15) is 0 Å². The summed E-state index contributed by atoms with van der Waals surface area (Å²) < 4.78 is 6.93. The lowest BCUT2D eigenvalue weighted by Gasteiger charge is -2.20. The lowest BCUT2D eigenvalue weighted by atomic mass is 10.0. The summed E-state index contributed by atoms with van der Waals surface area (Å²) in [5.74, 6) is 1.69. The van der Waals surface area contributed by atoms with Crippen molar-refractivity contribution in [3.05, 3.63) is 82.5 Å². The molecule has 0 bridgehead atoms. The van der Waals surface area contributed by atoms with Crippen LogP contribution in [-0.4, -0.2) is 11.1 Å². The molecule has 0 radical (unpaired) electrons. The van der Waals surface area contributed by atoms with E-state index in [9.17, 15) is 5.11 Å². The van der Waals surface area contributed by atoms with Crippen LogP contribution in [0.1, 0.15) is 24.4 Å².